The molecule has 0 unspecified atom stereocenters. The maximum absolute atomic E-state index is 12.5. The molecule has 1 aromatic heterocycles. The first-order valence-electron chi connectivity index (χ1n) is 12.3. The molecule has 180 valence electrons. The second-order valence-electron chi connectivity index (χ2n) is 9.95. The van der Waals surface area contributed by atoms with Crippen molar-refractivity contribution in [2.45, 2.75) is 57.8 Å². The van der Waals surface area contributed by atoms with Gasteiger partial charge in [-0.15, -0.1) is 0 Å². The van der Waals surface area contributed by atoms with Crippen LogP contribution >= 0.6 is 0 Å². The van der Waals surface area contributed by atoms with Gasteiger partial charge in [0, 0.05) is 38.2 Å². The smallest absolute Gasteiger partial charge is 0.287 e. The molecule has 2 fully saturated rings. The Balaban J connectivity index is 1.24. The summed E-state index contributed by atoms with van der Waals surface area (Å²) in [5.41, 5.74) is 4.62. The van der Waals surface area contributed by atoms with Gasteiger partial charge in [-0.05, 0) is 74.4 Å². The van der Waals surface area contributed by atoms with E-state index in [9.17, 15) is 9.90 Å². The van der Waals surface area contributed by atoms with Crippen molar-refractivity contribution in [2.24, 2.45) is 0 Å². The number of hydrogen-bond acceptors (Lipinski definition) is 5. The van der Waals surface area contributed by atoms with Gasteiger partial charge in [-0.3, -0.25) is 9.69 Å². The molecule has 1 atom stereocenters. The minimum absolute atomic E-state index is 0.0925. The van der Waals surface area contributed by atoms with Crippen LogP contribution in [0.5, 0.6) is 0 Å². The normalized spacial score (nSPS) is 20.6. The molecule has 0 aliphatic carbocycles. The van der Waals surface area contributed by atoms with Crippen molar-refractivity contribution in [3.63, 3.8) is 0 Å². The first-order valence-corrected chi connectivity index (χ1v) is 12.3. The Hall–Kier alpha value is -2.67. The summed E-state index contributed by atoms with van der Waals surface area (Å²) >= 11 is 0. The molecule has 3 heterocycles. The van der Waals surface area contributed by atoms with Gasteiger partial charge in [0.05, 0.1) is 11.7 Å². The van der Waals surface area contributed by atoms with Gasteiger partial charge in [-0.25, -0.2) is 0 Å². The molecule has 1 amide bonds. The van der Waals surface area contributed by atoms with E-state index in [2.05, 4.69) is 42.3 Å². The number of aryl methyl sites for hydroxylation is 2. The van der Waals surface area contributed by atoms with Crippen LogP contribution in [0.1, 0.15) is 58.5 Å². The number of piperidine rings is 1. The lowest BCUT2D eigenvalue weighted by Gasteiger charge is -2.38. The first-order chi connectivity index (χ1) is 16.4. The van der Waals surface area contributed by atoms with E-state index >= 15 is 0 Å². The third-order valence-electron chi connectivity index (χ3n) is 7.37. The molecule has 0 spiro atoms. The lowest BCUT2D eigenvalue weighted by atomic mass is 9.84. The number of nitrogens with one attached hydrogen (secondary N) is 1. The predicted molar refractivity (Wildman–Crippen MR) is 132 cm³/mol. The van der Waals surface area contributed by atoms with Crippen molar-refractivity contribution in [3.8, 4) is 0 Å². The Morgan fingerprint density at radius 3 is 2.74 bits per heavy atom. The molecule has 34 heavy (non-hydrogen) atoms. The molecular weight excluding hydrogens is 428 g/mol. The zero-order valence-electron chi connectivity index (χ0n) is 20.1. The molecule has 0 bridgehead atoms. The highest BCUT2D eigenvalue weighted by molar-refractivity contribution is 5.96. The minimum Gasteiger partial charge on any atom is -0.451 e. The molecule has 0 saturated carbocycles. The maximum atomic E-state index is 12.5. The molecule has 6 nitrogen and oxygen atoms in total. The van der Waals surface area contributed by atoms with Crippen molar-refractivity contribution < 1.29 is 19.1 Å². The van der Waals surface area contributed by atoms with Gasteiger partial charge >= 0.3 is 0 Å². The quantitative estimate of drug-likeness (QED) is 0.566. The molecule has 2 saturated heterocycles. The van der Waals surface area contributed by atoms with Gasteiger partial charge in [0.2, 0.25) is 0 Å². The number of likely N-dealkylation sites (tertiary alicyclic amines) is 1. The van der Waals surface area contributed by atoms with Gasteiger partial charge < -0.3 is 19.6 Å². The number of aliphatic hydroxyl groups is 1. The van der Waals surface area contributed by atoms with Crippen LogP contribution in [-0.4, -0.2) is 48.3 Å². The Labute approximate surface area is 200 Å². The molecular formula is C28H34N2O4. The van der Waals surface area contributed by atoms with E-state index in [1.807, 2.05) is 18.2 Å². The molecule has 3 aromatic rings. The number of carbonyl (C=O) groups excluding carboxylic acids is 1. The van der Waals surface area contributed by atoms with E-state index in [0.717, 1.165) is 50.0 Å². The van der Waals surface area contributed by atoms with Crippen molar-refractivity contribution in [3.05, 3.63) is 70.5 Å². The zero-order valence-corrected chi connectivity index (χ0v) is 20.1. The number of rotatable bonds is 6. The van der Waals surface area contributed by atoms with Crippen LogP contribution in [0.4, 0.5) is 0 Å². The molecule has 2 N–H and O–H groups in total. The summed E-state index contributed by atoms with van der Waals surface area (Å²) in [4.78, 5) is 15.0. The molecule has 2 aliphatic rings. The summed E-state index contributed by atoms with van der Waals surface area (Å²) in [5.74, 6) is 0.0622. The number of benzene rings is 2. The van der Waals surface area contributed by atoms with Crippen molar-refractivity contribution in [2.75, 3.05) is 26.2 Å². The van der Waals surface area contributed by atoms with Gasteiger partial charge in [-0.1, -0.05) is 29.8 Å². The van der Waals surface area contributed by atoms with Crippen molar-refractivity contribution in [1.82, 2.24) is 10.2 Å². The highest BCUT2D eigenvalue weighted by Crippen LogP contribution is 2.35. The number of nitrogens with zero attached hydrogens (tertiary/aromatic N) is 1. The number of ether oxygens (including phenoxy) is 1. The lowest BCUT2D eigenvalue weighted by Crippen LogP contribution is -2.42. The monoisotopic (exact) mass is 462 g/mol. The minimum atomic E-state index is -0.869. The van der Waals surface area contributed by atoms with E-state index in [1.165, 1.54) is 16.7 Å². The third-order valence-corrected chi connectivity index (χ3v) is 7.37. The number of furan rings is 1. The van der Waals surface area contributed by atoms with Gasteiger partial charge in [0.15, 0.2) is 5.76 Å². The summed E-state index contributed by atoms with van der Waals surface area (Å²) in [5, 5.41) is 15.2. The topological polar surface area (TPSA) is 74.9 Å². The van der Waals surface area contributed by atoms with Crippen LogP contribution in [0.3, 0.4) is 0 Å². The van der Waals surface area contributed by atoms with E-state index in [-0.39, 0.29) is 12.0 Å². The summed E-state index contributed by atoms with van der Waals surface area (Å²) in [7, 11) is 0. The number of carbonyl (C=O) groups is 1. The Bertz CT molecular complexity index is 1170. The fourth-order valence-corrected chi connectivity index (χ4v) is 5.12. The maximum Gasteiger partial charge on any atom is 0.287 e. The van der Waals surface area contributed by atoms with Gasteiger partial charge in [-0.2, -0.15) is 0 Å². The molecule has 6 heteroatoms. The molecule has 2 aliphatic heterocycles. The van der Waals surface area contributed by atoms with Crippen LogP contribution in [0, 0.1) is 13.8 Å². The van der Waals surface area contributed by atoms with Crippen LogP contribution < -0.4 is 5.32 Å². The fourth-order valence-electron chi connectivity index (χ4n) is 5.12. The largest absolute Gasteiger partial charge is 0.451 e. The van der Waals surface area contributed by atoms with E-state index in [4.69, 9.17) is 9.15 Å². The number of amides is 1. The number of fused-ring (bicyclic) bond motifs is 1. The summed E-state index contributed by atoms with van der Waals surface area (Å²) in [6.45, 7) is 8.14. The van der Waals surface area contributed by atoms with Gasteiger partial charge in [0.25, 0.3) is 5.91 Å². The second kappa shape index (κ2) is 9.53. The average Bonchev–Trinajstić information content (AvgIpc) is 3.51. The fraction of sp³-hybridized carbons (Fsp3) is 0.464. The SMILES string of the molecule is Cc1ccc(C)c(CN2CCC(O)(c3ccc4oc(C(=O)NC[C@H]5CCCO5)cc4c3)CC2)c1. The van der Waals surface area contributed by atoms with Crippen LogP contribution in [0.15, 0.2) is 46.9 Å². The van der Waals surface area contributed by atoms with Gasteiger partial charge in [0.1, 0.15) is 5.58 Å². The predicted octanol–water partition coefficient (Wildman–Crippen LogP) is 4.44. The van der Waals surface area contributed by atoms with E-state index in [0.29, 0.717) is 30.7 Å². The zero-order chi connectivity index (χ0) is 23.7. The standard InChI is InChI=1S/C28H34N2O4/c1-19-5-6-20(2)22(14-19)18-30-11-9-28(32,10-12-30)23-7-8-25-21(15-23)16-26(34-25)27(31)29-17-24-4-3-13-33-24/h5-8,14-16,24,32H,3-4,9-13,17-18H2,1-2H3,(H,29,31)/t24-/m1/s1. The van der Waals surface area contributed by atoms with Crippen LogP contribution in [0.2, 0.25) is 0 Å². The lowest BCUT2D eigenvalue weighted by molar-refractivity contribution is -0.0276. The Morgan fingerprint density at radius 1 is 1.15 bits per heavy atom. The average molecular weight is 463 g/mol. The van der Waals surface area contributed by atoms with Crippen molar-refractivity contribution in [1.29, 1.82) is 0 Å². The summed E-state index contributed by atoms with van der Waals surface area (Å²) < 4.78 is 11.3. The van der Waals surface area contributed by atoms with E-state index < -0.39 is 5.60 Å². The molecule has 5 rings (SSSR count). The summed E-state index contributed by atoms with van der Waals surface area (Å²) in [6, 6.07) is 14.1. The second-order valence-corrected chi connectivity index (χ2v) is 9.95. The highest BCUT2D eigenvalue weighted by Gasteiger charge is 2.34. The Kier molecular flexibility index (Phi) is 6.47. The van der Waals surface area contributed by atoms with E-state index in [1.54, 1.807) is 6.07 Å². The number of hydrogen-bond donors (Lipinski definition) is 2. The highest BCUT2D eigenvalue weighted by atomic mass is 16.5. The third kappa shape index (κ3) is 4.90. The van der Waals surface area contributed by atoms with Crippen LogP contribution in [-0.2, 0) is 16.9 Å². The van der Waals surface area contributed by atoms with Crippen molar-refractivity contribution >= 4 is 16.9 Å². The molecule has 2 aromatic carbocycles. The van der Waals surface area contributed by atoms with Crippen LogP contribution in [0.25, 0.3) is 11.0 Å². The first kappa shape index (κ1) is 23.1. The molecule has 0 radical (unpaired) electrons. The summed E-state index contributed by atoms with van der Waals surface area (Å²) in [6.07, 6.45) is 3.46. The Morgan fingerprint density at radius 2 is 1.97 bits per heavy atom.